The number of nitrogens with two attached hydrogens (primary N) is 1. The van der Waals surface area contributed by atoms with Gasteiger partial charge in [0.1, 0.15) is 0 Å². The topological polar surface area (TPSA) is 72.2 Å². The molecule has 0 saturated heterocycles. The molecule has 0 radical (unpaired) electrons. The van der Waals surface area contributed by atoms with Crippen molar-refractivity contribution in [3.63, 3.8) is 0 Å². The van der Waals surface area contributed by atoms with Crippen molar-refractivity contribution >= 4 is 44.5 Å². The smallest absolute Gasteiger partial charge is 0.180 e. The number of nitrogens with one attached hydrogen (secondary N) is 1. The van der Waals surface area contributed by atoms with Gasteiger partial charge in [-0.05, 0) is 36.8 Å². The van der Waals surface area contributed by atoms with Crippen molar-refractivity contribution < 1.29 is 8.42 Å². The van der Waals surface area contributed by atoms with Crippen LogP contribution in [0.4, 0.5) is 5.69 Å². The van der Waals surface area contributed by atoms with Crippen LogP contribution in [-0.4, -0.2) is 19.3 Å². The van der Waals surface area contributed by atoms with Crippen molar-refractivity contribution in [2.75, 3.05) is 11.1 Å². The summed E-state index contributed by atoms with van der Waals surface area (Å²) in [7, 11) is -3.34. The Bertz CT molecular complexity index is 529. The van der Waals surface area contributed by atoms with Crippen molar-refractivity contribution in [1.29, 1.82) is 0 Å². The van der Waals surface area contributed by atoms with E-state index < -0.39 is 9.84 Å². The van der Waals surface area contributed by atoms with Crippen molar-refractivity contribution in [1.82, 2.24) is 0 Å². The molecule has 0 aromatic heterocycles. The Kier molecular flexibility index (Phi) is 4.73. The van der Waals surface area contributed by atoms with Crippen LogP contribution in [0.2, 0.25) is 5.02 Å². The molecule has 0 bridgehead atoms. The molecule has 0 aliphatic heterocycles. The van der Waals surface area contributed by atoms with E-state index in [9.17, 15) is 8.42 Å². The number of benzene rings is 1. The highest BCUT2D eigenvalue weighted by Crippen LogP contribution is 2.26. The van der Waals surface area contributed by atoms with Gasteiger partial charge in [0.15, 0.2) is 14.9 Å². The van der Waals surface area contributed by atoms with Crippen LogP contribution in [0.1, 0.15) is 13.3 Å². The molecule has 0 aliphatic rings. The minimum Gasteiger partial charge on any atom is -0.376 e. The SMILES string of the molecule is CCCS(=O)(=O)c1ccc(Cl)cc1NC(N)=S. The van der Waals surface area contributed by atoms with Crippen LogP contribution in [0, 0.1) is 0 Å². The number of hydrogen-bond donors (Lipinski definition) is 2. The standard InChI is InChI=1S/C10H13ClN2O2S2/c1-2-5-17(14,15)9-4-3-7(11)6-8(9)13-10(12)16/h3-4,6H,2,5H2,1H3,(H3,12,13,16). The highest BCUT2D eigenvalue weighted by atomic mass is 35.5. The lowest BCUT2D eigenvalue weighted by Crippen LogP contribution is -2.21. The van der Waals surface area contributed by atoms with Crippen LogP contribution in [-0.2, 0) is 9.84 Å². The van der Waals surface area contributed by atoms with E-state index in [1.807, 2.05) is 0 Å². The van der Waals surface area contributed by atoms with Crippen LogP contribution in [0.15, 0.2) is 23.1 Å². The number of sulfone groups is 1. The highest BCUT2D eigenvalue weighted by molar-refractivity contribution is 7.91. The minimum absolute atomic E-state index is 0.000199. The summed E-state index contributed by atoms with van der Waals surface area (Å²) in [6.45, 7) is 1.80. The highest BCUT2D eigenvalue weighted by Gasteiger charge is 2.18. The van der Waals surface area contributed by atoms with Crippen molar-refractivity contribution in [2.45, 2.75) is 18.2 Å². The predicted molar refractivity (Wildman–Crippen MR) is 74.2 cm³/mol. The number of rotatable bonds is 4. The van der Waals surface area contributed by atoms with Crippen LogP contribution in [0.5, 0.6) is 0 Å². The second-order valence-corrected chi connectivity index (χ2v) is 6.40. The number of hydrogen-bond acceptors (Lipinski definition) is 3. The molecule has 7 heteroatoms. The second kappa shape index (κ2) is 5.66. The molecule has 17 heavy (non-hydrogen) atoms. The lowest BCUT2D eigenvalue weighted by atomic mass is 10.3. The van der Waals surface area contributed by atoms with E-state index in [-0.39, 0.29) is 15.8 Å². The largest absolute Gasteiger partial charge is 0.376 e. The monoisotopic (exact) mass is 292 g/mol. The predicted octanol–water partition coefficient (Wildman–Crippen LogP) is 2.18. The lowest BCUT2D eigenvalue weighted by molar-refractivity contribution is 0.595. The Balaban J connectivity index is 3.28. The van der Waals surface area contributed by atoms with Gasteiger partial charge in [-0.25, -0.2) is 8.42 Å². The molecular formula is C10H13ClN2O2S2. The minimum atomic E-state index is -3.34. The van der Waals surface area contributed by atoms with E-state index in [1.165, 1.54) is 18.2 Å². The quantitative estimate of drug-likeness (QED) is 0.832. The van der Waals surface area contributed by atoms with E-state index in [0.717, 1.165) is 0 Å². The Morgan fingerprint density at radius 2 is 2.18 bits per heavy atom. The number of thiocarbonyl (C=S) groups is 1. The first-order valence-electron chi connectivity index (χ1n) is 4.95. The molecule has 0 unspecified atom stereocenters. The van der Waals surface area contributed by atoms with Gasteiger partial charge in [-0.3, -0.25) is 0 Å². The van der Waals surface area contributed by atoms with E-state index >= 15 is 0 Å². The van der Waals surface area contributed by atoms with E-state index in [0.29, 0.717) is 17.1 Å². The van der Waals surface area contributed by atoms with E-state index in [1.54, 1.807) is 6.92 Å². The summed E-state index contributed by atoms with van der Waals surface area (Å²) >= 11 is 10.5. The van der Waals surface area contributed by atoms with Gasteiger partial charge in [-0.2, -0.15) is 0 Å². The molecule has 0 heterocycles. The average Bonchev–Trinajstić information content (AvgIpc) is 2.15. The van der Waals surface area contributed by atoms with Gasteiger partial charge in [-0.1, -0.05) is 18.5 Å². The van der Waals surface area contributed by atoms with Gasteiger partial charge >= 0.3 is 0 Å². The molecule has 94 valence electrons. The summed E-state index contributed by atoms with van der Waals surface area (Å²) in [5, 5.41) is 3.04. The molecule has 0 saturated carbocycles. The van der Waals surface area contributed by atoms with Crippen LogP contribution in [0.3, 0.4) is 0 Å². The van der Waals surface area contributed by atoms with Crippen molar-refractivity contribution in [3.8, 4) is 0 Å². The number of halogens is 1. The molecule has 1 aromatic carbocycles. The van der Waals surface area contributed by atoms with Crippen molar-refractivity contribution in [2.24, 2.45) is 5.73 Å². The average molecular weight is 293 g/mol. The normalized spacial score (nSPS) is 11.2. The Hall–Kier alpha value is -0.850. The third kappa shape index (κ3) is 3.83. The second-order valence-electron chi connectivity index (χ2n) is 3.45. The molecule has 0 amide bonds. The zero-order valence-electron chi connectivity index (χ0n) is 9.23. The molecule has 4 nitrogen and oxygen atoms in total. The molecule has 0 aliphatic carbocycles. The van der Waals surface area contributed by atoms with Gasteiger partial charge in [0.2, 0.25) is 0 Å². The first kappa shape index (κ1) is 14.2. The Morgan fingerprint density at radius 3 is 2.71 bits per heavy atom. The summed E-state index contributed by atoms with van der Waals surface area (Å²) in [6.07, 6.45) is 0.539. The van der Waals surface area contributed by atoms with Gasteiger partial charge in [0, 0.05) is 5.02 Å². The molecule has 1 rings (SSSR count). The van der Waals surface area contributed by atoms with Gasteiger partial charge in [-0.15, -0.1) is 0 Å². The van der Waals surface area contributed by atoms with Gasteiger partial charge in [0.25, 0.3) is 0 Å². The van der Waals surface area contributed by atoms with Crippen LogP contribution < -0.4 is 11.1 Å². The molecule has 3 N–H and O–H groups in total. The Morgan fingerprint density at radius 1 is 1.53 bits per heavy atom. The summed E-state index contributed by atoms with van der Waals surface area (Å²) < 4.78 is 24.0. The van der Waals surface area contributed by atoms with Crippen LogP contribution in [0.25, 0.3) is 0 Å². The first-order chi connectivity index (χ1) is 7.86. The Labute approximate surface area is 111 Å². The van der Waals surface area contributed by atoms with Crippen molar-refractivity contribution in [3.05, 3.63) is 23.2 Å². The third-order valence-electron chi connectivity index (χ3n) is 2.01. The van der Waals surface area contributed by atoms with E-state index in [2.05, 4.69) is 5.32 Å². The maximum Gasteiger partial charge on any atom is 0.180 e. The first-order valence-corrected chi connectivity index (χ1v) is 7.39. The summed E-state index contributed by atoms with van der Waals surface area (Å²) in [6, 6.07) is 4.46. The summed E-state index contributed by atoms with van der Waals surface area (Å²) in [5.74, 6) is 0.0701. The maximum absolute atomic E-state index is 12.0. The molecule has 0 atom stereocenters. The fraction of sp³-hybridized carbons (Fsp3) is 0.300. The summed E-state index contributed by atoms with van der Waals surface area (Å²) in [5.41, 5.74) is 5.66. The third-order valence-corrected chi connectivity index (χ3v) is 4.32. The lowest BCUT2D eigenvalue weighted by Gasteiger charge is -2.11. The van der Waals surface area contributed by atoms with Gasteiger partial charge in [0.05, 0.1) is 16.3 Å². The van der Waals surface area contributed by atoms with E-state index in [4.69, 9.17) is 29.6 Å². The molecule has 0 fully saturated rings. The molecule has 1 aromatic rings. The molecule has 0 spiro atoms. The van der Waals surface area contributed by atoms with Gasteiger partial charge < -0.3 is 11.1 Å². The fourth-order valence-electron chi connectivity index (χ4n) is 1.38. The zero-order chi connectivity index (χ0) is 13.1. The zero-order valence-corrected chi connectivity index (χ0v) is 11.6. The summed E-state index contributed by atoms with van der Waals surface area (Å²) in [4.78, 5) is 0.163. The number of anilines is 1. The maximum atomic E-state index is 12.0. The fourth-order valence-corrected chi connectivity index (χ4v) is 3.14. The van der Waals surface area contributed by atoms with Crippen LogP contribution >= 0.6 is 23.8 Å². The molecular weight excluding hydrogens is 280 g/mol.